The van der Waals surface area contributed by atoms with Gasteiger partial charge in [-0.3, -0.25) is 24.0 Å². The van der Waals surface area contributed by atoms with E-state index in [2.05, 4.69) is 50.0 Å². The number of carbonyl (C=O) groups is 5. The van der Waals surface area contributed by atoms with Gasteiger partial charge in [0.1, 0.15) is 55.4 Å². The molecule has 66 heavy (non-hydrogen) atoms. The number of fused-ring (bicyclic) bond motifs is 5. The third-order valence-corrected chi connectivity index (χ3v) is 10.6. The molecular formula is C48H57N11O7. The minimum Gasteiger partial charge on any atom is -0.492 e. The average molecular weight is 900 g/mol. The molecule has 5 amide bonds. The zero-order chi connectivity index (χ0) is 47.8. The fraction of sp³-hybridized carbons (Fsp3) is 0.375. The maximum absolute atomic E-state index is 14.6. The first-order chi connectivity index (χ1) is 31.8. The minimum absolute atomic E-state index is 0.000513. The zero-order valence-electron chi connectivity index (χ0n) is 37.6. The van der Waals surface area contributed by atoms with Crippen molar-refractivity contribution in [3.8, 4) is 51.9 Å². The van der Waals surface area contributed by atoms with Crippen LogP contribution in [0.15, 0.2) is 66.9 Å². The van der Waals surface area contributed by atoms with Crippen LogP contribution >= 0.6 is 0 Å². The number of aromatic nitrogens is 2. The highest BCUT2D eigenvalue weighted by Gasteiger charge is 2.36. The maximum atomic E-state index is 14.6. The highest BCUT2D eigenvalue weighted by Crippen LogP contribution is 2.40. The Hall–Kier alpha value is -7.38. The van der Waals surface area contributed by atoms with Crippen LogP contribution in [0.25, 0.3) is 22.5 Å². The molecule has 0 fully saturated rings. The topological polar surface area (TPSA) is 283 Å². The average Bonchev–Trinajstić information content (AvgIpc) is 3.31. The monoisotopic (exact) mass is 899 g/mol. The molecule has 2 heterocycles. The lowest BCUT2D eigenvalue weighted by Gasteiger charge is -2.32. The van der Waals surface area contributed by atoms with E-state index in [-0.39, 0.29) is 57.8 Å². The molecule has 1 aromatic heterocycles. The van der Waals surface area contributed by atoms with Crippen molar-refractivity contribution in [1.29, 1.82) is 5.26 Å². The lowest BCUT2D eigenvalue weighted by Crippen LogP contribution is -2.56. The van der Waals surface area contributed by atoms with Gasteiger partial charge in [0.2, 0.25) is 23.6 Å². The number of nitrogens with one attached hydrogen (secondary N) is 4. The fourth-order valence-electron chi connectivity index (χ4n) is 7.19. The van der Waals surface area contributed by atoms with Crippen LogP contribution in [0.3, 0.4) is 0 Å². The highest BCUT2D eigenvalue weighted by molar-refractivity contribution is 6.00. The Labute approximate surface area is 384 Å². The molecule has 18 nitrogen and oxygen atoms in total. The number of hydrogen-bond donors (Lipinski definition) is 7. The van der Waals surface area contributed by atoms with Gasteiger partial charge in [-0.25, -0.2) is 9.97 Å². The van der Waals surface area contributed by atoms with Crippen LogP contribution in [0.5, 0.6) is 11.5 Å². The van der Waals surface area contributed by atoms with Crippen molar-refractivity contribution in [3.05, 3.63) is 94.8 Å². The van der Waals surface area contributed by atoms with E-state index in [1.807, 2.05) is 30.3 Å². The zero-order valence-corrected chi connectivity index (χ0v) is 37.6. The number of hydrogen-bond acceptors (Lipinski definition) is 13. The lowest BCUT2D eigenvalue weighted by molar-refractivity contribution is -0.141. The Morgan fingerprint density at radius 3 is 2.26 bits per heavy atom. The van der Waals surface area contributed by atoms with E-state index in [4.69, 9.17) is 31.9 Å². The molecule has 0 spiro atoms. The Morgan fingerprint density at radius 1 is 0.939 bits per heavy atom. The van der Waals surface area contributed by atoms with Crippen LogP contribution in [0, 0.1) is 30.1 Å². The number of aryl methyl sites for hydroxylation is 1. The molecule has 4 bridgehead atoms. The molecule has 0 saturated carbocycles. The predicted molar refractivity (Wildman–Crippen MR) is 247 cm³/mol. The Kier molecular flexibility index (Phi) is 18.1. The number of carbonyl (C=O) groups excluding carboxylic acids is 5. The standard InChI is InChI=1S/C48H57N11O7/c1-5-6-7-8-31-9-12-33(13-10-31)43-54-28-37(29(2)55-43)45(61)57-38(17-18-49)48(64)59(4)42-34-14-16-41(66-24-21-52)36(27-34)35-25-32(11-15-40(35)65-23-20-51)26-39(46(62)53-22-19-50)58-44(60)30(3)56-47(42)63/h9-16,25,27-28,30,38-39,42H,5-6,17-18,20-24,26,49,51-52H2,1-4H3,(H,53,62)(H,56,63)(H,57,61)(H,58,60)/t30-,38?,39-,42-/m0/s1. The van der Waals surface area contributed by atoms with Crippen molar-refractivity contribution in [2.45, 2.75) is 70.6 Å². The van der Waals surface area contributed by atoms with E-state index in [1.54, 1.807) is 43.3 Å². The first-order valence-corrected chi connectivity index (χ1v) is 21.7. The highest BCUT2D eigenvalue weighted by atomic mass is 16.5. The summed E-state index contributed by atoms with van der Waals surface area (Å²) in [5, 5.41) is 19.8. The van der Waals surface area contributed by atoms with Crippen molar-refractivity contribution >= 4 is 29.5 Å². The van der Waals surface area contributed by atoms with Crippen molar-refractivity contribution in [2.75, 3.05) is 46.4 Å². The first-order valence-electron chi connectivity index (χ1n) is 21.7. The summed E-state index contributed by atoms with van der Waals surface area (Å²) in [6.07, 6.45) is 3.16. The second kappa shape index (κ2) is 24.1. The largest absolute Gasteiger partial charge is 0.492 e. The SMILES string of the molecule is CCCC#Cc1ccc(-c2ncc(C(=O)NC(CCN)C(=O)N(C)[C@@H]3C(=O)N[C@@H](C)C(=O)N[C@H](C(=O)NCC#N)Cc4ccc(OCCN)c(c4)-c4cc3ccc4OCCN)c(C)n2)cc1. The molecule has 0 radical (unpaired) electrons. The molecular weight excluding hydrogens is 843 g/mol. The van der Waals surface area contributed by atoms with Gasteiger partial charge in [0.05, 0.1) is 17.3 Å². The van der Waals surface area contributed by atoms with E-state index in [0.29, 0.717) is 45.3 Å². The molecule has 4 aromatic rings. The van der Waals surface area contributed by atoms with Crippen molar-refractivity contribution < 1.29 is 33.4 Å². The minimum atomic E-state index is -1.41. The van der Waals surface area contributed by atoms with E-state index < -0.39 is 53.7 Å². The molecule has 346 valence electrons. The number of nitrogens with zero attached hydrogens (tertiary/aromatic N) is 4. The van der Waals surface area contributed by atoms with E-state index in [1.165, 1.54) is 25.1 Å². The maximum Gasteiger partial charge on any atom is 0.255 e. The Morgan fingerprint density at radius 2 is 1.62 bits per heavy atom. The number of amides is 5. The molecule has 4 atom stereocenters. The number of nitrogens with two attached hydrogens (primary N) is 3. The van der Waals surface area contributed by atoms with Gasteiger partial charge in [0.15, 0.2) is 5.82 Å². The van der Waals surface area contributed by atoms with Gasteiger partial charge in [0.25, 0.3) is 5.91 Å². The lowest BCUT2D eigenvalue weighted by atomic mass is 9.93. The van der Waals surface area contributed by atoms with Gasteiger partial charge in [-0.05, 0) is 92.9 Å². The first kappa shape index (κ1) is 49.6. The van der Waals surface area contributed by atoms with Gasteiger partial charge < -0.3 is 52.8 Å². The molecule has 0 aliphatic carbocycles. The third kappa shape index (κ3) is 12.7. The molecule has 18 heteroatoms. The smallest absolute Gasteiger partial charge is 0.255 e. The van der Waals surface area contributed by atoms with Gasteiger partial charge >= 0.3 is 0 Å². The fourth-order valence-corrected chi connectivity index (χ4v) is 7.19. The van der Waals surface area contributed by atoms with Crippen LogP contribution in [0.2, 0.25) is 0 Å². The Balaban J connectivity index is 1.54. The van der Waals surface area contributed by atoms with E-state index in [9.17, 15) is 24.0 Å². The summed E-state index contributed by atoms with van der Waals surface area (Å²) in [6, 6.07) is 14.5. The number of benzene rings is 3. The number of rotatable bonds is 16. The summed E-state index contributed by atoms with van der Waals surface area (Å²) in [6.45, 7) is 5.51. The van der Waals surface area contributed by atoms with Crippen LogP contribution in [-0.2, 0) is 25.6 Å². The van der Waals surface area contributed by atoms with E-state index in [0.717, 1.165) is 24.0 Å². The molecule has 0 saturated heterocycles. The number of nitriles is 1. The van der Waals surface area contributed by atoms with Crippen LogP contribution in [0.4, 0.5) is 0 Å². The van der Waals surface area contributed by atoms with Gasteiger partial charge in [-0.2, -0.15) is 5.26 Å². The van der Waals surface area contributed by atoms with Crippen molar-refractivity contribution in [1.82, 2.24) is 36.1 Å². The summed E-state index contributed by atoms with van der Waals surface area (Å²) >= 11 is 0. The van der Waals surface area contributed by atoms with Gasteiger partial charge in [-0.1, -0.05) is 30.9 Å². The third-order valence-electron chi connectivity index (χ3n) is 10.6. The quantitative estimate of drug-likeness (QED) is 0.0625. The second-order valence-corrected chi connectivity index (χ2v) is 15.5. The number of likely N-dealkylation sites (N-methyl/N-ethyl adjacent to an activating group) is 1. The molecule has 3 aromatic carbocycles. The van der Waals surface area contributed by atoms with Crippen molar-refractivity contribution in [3.63, 3.8) is 0 Å². The van der Waals surface area contributed by atoms with Crippen LogP contribution in [0.1, 0.15) is 71.9 Å². The second-order valence-electron chi connectivity index (χ2n) is 15.5. The number of unbranched alkanes of at least 4 members (excludes halogenated alkanes) is 1. The normalized spacial score (nSPS) is 16.1. The molecule has 10 N–H and O–H groups in total. The predicted octanol–water partition coefficient (Wildman–Crippen LogP) is 1.78. The number of ether oxygens (including phenoxy) is 2. The summed E-state index contributed by atoms with van der Waals surface area (Å²) in [4.78, 5) is 80.3. The molecule has 1 unspecified atom stereocenters. The Bertz CT molecular complexity index is 2500. The van der Waals surface area contributed by atoms with E-state index >= 15 is 0 Å². The van der Waals surface area contributed by atoms with Crippen LogP contribution < -0.4 is 47.9 Å². The molecule has 5 rings (SSSR count). The van der Waals surface area contributed by atoms with Crippen molar-refractivity contribution in [2.24, 2.45) is 17.2 Å². The van der Waals surface area contributed by atoms with Gasteiger partial charge in [0, 0.05) is 61.4 Å². The summed E-state index contributed by atoms with van der Waals surface area (Å²) in [7, 11) is 1.41. The summed E-state index contributed by atoms with van der Waals surface area (Å²) in [5.74, 6) is 4.01. The molecule has 1 aliphatic rings. The summed E-state index contributed by atoms with van der Waals surface area (Å²) < 4.78 is 12.2. The molecule has 1 aliphatic heterocycles. The van der Waals surface area contributed by atoms with Gasteiger partial charge in [-0.15, -0.1) is 0 Å². The summed E-state index contributed by atoms with van der Waals surface area (Å²) in [5.41, 5.74) is 21.6. The van der Waals surface area contributed by atoms with Crippen LogP contribution in [-0.4, -0.2) is 109 Å².